The predicted octanol–water partition coefficient (Wildman–Crippen LogP) is 3.34. The second-order valence-electron chi connectivity index (χ2n) is 7.22. The van der Waals surface area contributed by atoms with E-state index < -0.39 is 10.0 Å². The smallest absolute Gasteiger partial charge is 0.270 e. The summed E-state index contributed by atoms with van der Waals surface area (Å²) in [6.45, 7) is 2.26. The van der Waals surface area contributed by atoms with Crippen molar-refractivity contribution in [1.82, 2.24) is 19.9 Å². The first-order chi connectivity index (χ1) is 15.9. The molecular weight excluding hydrogens is 450 g/mol. The van der Waals surface area contributed by atoms with Gasteiger partial charge in [0.15, 0.2) is 21.9 Å². The van der Waals surface area contributed by atoms with E-state index in [0.29, 0.717) is 23.2 Å². The van der Waals surface area contributed by atoms with Crippen molar-refractivity contribution < 1.29 is 26.8 Å². The summed E-state index contributed by atoms with van der Waals surface area (Å²) in [4.78, 5) is 4.32. The van der Waals surface area contributed by atoms with Gasteiger partial charge in [-0.3, -0.25) is 9.40 Å². The van der Waals surface area contributed by atoms with Crippen LogP contribution in [0.2, 0.25) is 0 Å². The van der Waals surface area contributed by atoms with Gasteiger partial charge in [-0.15, -0.1) is 0 Å². The highest BCUT2D eigenvalue weighted by Gasteiger charge is 2.28. The highest BCUT2D eigenvalue weighted by molar-refractivity contribution is 7.93. The molecule has 0 aliphatic rings. The number of aromatic nitrogens is 4. The molecule has 170 valence electrons. The maximum absolute atomic E-state index is 13.3. The molecule has 0 aliphatic carbocycles. The Morgan fingerprint density at radius 1 is 1.15 bits per heavy atom. The molecule has 0 aliphatic heterocycles. The van der Waals surface area contributed by atoms with Gasteiger partial charge in [-0.2, -0.15) is 5.10 Å². The van der Waals surface area contributed by atoms with Crippen molar-refractivity contribution in [3.63, 3.8) is 0 Å². The minimum Gasteiger partial charge on any atom is -0.495 e. The lowest BCUT2D eigenvalue weighted by Crippen LogP contribution is -2.15. The second-order valence-corrected chi connectivity index (χ2v) is 8.84. The van der Waals surface area contributed by atoms with Crippen LogP contribution in [0.25, 0.3) is 21.9 Å². The van der Waals surface area contributed by atoms with Crippen LogP contribution in [-0.2, 0) is 16.6 Å². The van der Waals surface area contributed by atoms with Gasteiger partial charge in [-0.05, 0) is 31.2 Å². The third-order valence-electron chi connectivity index (χ3n) is 5.03. The maximum atomic E-state index is 13.3. The molecule has 1 aromatic carbocycles. The lowest BCUT2D eigenvalue weighted by atomic mass is 10.2. The Kier molecular flexibility index (Phi) is 4.93. The van der Waals surface area contributed by atoms with Gasteiger partial charge in [0.1, 0.15) is 11.1 Å². The first-order valence-electron chi connectivity index (χ1n) is 9.80. The molecule has 11 nitrogen and oxygen atoms in total. The number of methoxy groups -OCH3 is 2. The quantitative estimate of drug-likeness (QED) is 0.381. The molecule has 0 fully saturated rings. The van der Waals surface area contributed by atoms with E-state index >= 15 is 0 Å². The van der Waals surface area contributed by atoms with Crippen molar-refractivity contribution in [2.45, 2.75) is 18.4 Å². The molecule has 0 unspecified atom stereocenters. The van der Waals surface area contributed by atoms with E-state index in [2.05, 4.69) is 20.0 Å². The molecule has 0 atom stereocenters. The molecule has 5 aromatic rings. The zero-order valence-electron chi connectivity index (χ0n) is 17.9. The molecule has 0 saturated carbocycles. The van der Waals surface area contributed by atoms with Gasteiger partial charge in [-0.1, -0.05) is 5.16 Å². The van der Waals surface area contributed by atoms with E-state index in [1.165, 1.54) is 20.5 Å². The average molecular weight is 469 g/mol. The molecule has 1 N–H and O–H groups in total. The number of benzene rings is 1. The molecule has 5 rings (SSSR count). The van der Waals surface area contributed by atoms with Gasteiger partial charge in [0.2, 0.25) is 5.88 Å². The van der Waals surface area contributed by atoms with E-state index in [1.807, 2.05) is 19.2 Å². The summed E-state index contributed by atoms with van der Waals surface area (Å²) in [5.74, 6) is 0.217. The summed E-state index contributed by atoms with van der Waals surface area (Å²) in [7, 11) is -1.37. The van der Waals surface area contributed by atoms with Crippen molar-refractivity contribution in [2.24, 2.45) is 0 Å². The van der Waals surface area contributed by atoms with E-state index in [4.69, 9.17) is 18.4 Å². The molecular formula is C21H19N5O6S. The number of furan rings is 1. The zero-order chi connectivity index (χ0) is 23.2. The lowest BCUT2D eigenvalue weighted by Gasteiger charge is -2.11. The van der Waals surface area contributed by atoms with Gasteiger partial charge in [0, 0.05) is 17.6 Å². The van der Waals surface area contributed by atoms with Crippen molar-refractivity contribution in [3.8, 4) is 11.6 Å². The van der Waals surface area contributed by atoms with E-state index in [9.17, 15) is 8.42 Å². The largest absolute Gasteiger partial charge is 0.495 e. The Hall–Kier alpha value is -4.06. The Bertz CT molecular complexity index is 1580. The van der Waals surface area contributed by atoms with Gasteiger partial charge in [0.05, 0.1) is 38.4 Å². The molecule has 0 spiro atoms. The van der Waals surface area contributed by atoms with Crippen LogP contribution in [0, 0.1) is 6.92 Å². The fourth-order valence-corrected chi connectivity index (χ4v) is 4.90. The Morgan fingerprint density at radius 2 is 2.00 bits per heavy atom. The third-order valence-corrected chi connectivity index (χ3v) is 6.41. The van der Waals surface area contributed by atoms with E-state index in [0.717, 1.165) is 5.69 Å². The normalized spacial score (nSPS) is 11.8. The Morgan fingerprint density at radius 3 is 2.73 bits per heavy atom. The van der Waals surface area contributed by atoms with Crippen LogP contribution < -0.4 is 14.2 Å². The lowest BCUT2D eigenvalue weighted by molar-refractivity contribution is 0.400. The van der Waals surface area contributed by atoms with E-state index in [-0.39, 0.29) is 33.3 Å². The fraction of sp³-hybridized carbons (Fsp3) is 0.190. The Balaban J connectivity index is 1.56. The van der Waals surface area contributed by atoms with Crippen molar-refractivity contribution >= 4 is 37.8 Å². The topological polar surface area (TPSA) is 135 Å². The summed E-state index contributed by atoms with van der Waals surface area (Å²) in [6, 6.07) is 8.46. The summed E-state index contributed by atoms with van der Waals surface area (Å²) in [5, 5.41) is 9.15. The van der Waals surface area contributed by atoms with Gasteiger partial charge in [0.25, 0.3) is 10.0 Å². The number of hydrogen-bond acceptors (Lipinski definition) is 9. The van der Waals surface area contributed by atoms with Crippen LogP contribution in [0.15, 0.2) is 56.6 Å². The molecule has 12 heteroatoms. The Labute approximate surface area is 187 Å². The number of nitrogens with one attached hydrogen (secondary N) is 1. The summed E-state index contributed by atoms with van der Waals surface area (Å²) < 4.78 is 52.4. The number of aryl methyl sites for hydroxylation is 1. The van der Waals surface area contributed by atoms with Crippen LogP contribution in [-0.4, -0.2) is 42.6 Å². The number of rotatable bonds is 7. The van der Waals surface area contributed by atoms with Crippen LogP contribution in [0.3, 0.4) is 0 Å². The summed E-state index contributed by atoms with van der Waals surface area (Å²) in [5.41, 5.74) is 1.95. The van der Waals surface area contributed by atoms with Crippen molar-refractivity contribution in [3.05, 3.63) is 54.2 Å². The number of fused-ring (bicyclic) bond motifs is 2. The molecule has 0 saturated heterocycles. The molecule has 0 amide bonds. The number of hydrogen-bond donors (Lipinski definition) is 1. The van der Waals surface area contributed by atoms with Crippen LogP contribution in [0.1, 0.15) is 11.4 Å². The first-order valence-corrected chi connectivity index (χ1v) is 11.3. The standard InChI is InChI=1S/C21H19N5O6S/c1-12-6-8-26(23-12)11-14-10-16-17(21(22-14)30-3)20(24-32-16)25-33(27,28)19-15(29-2)5-4-13-7-9-31-18(13)19/h4-10H,11H2,1-3H3,(H,24,25). The highest BCUT2D eigenvalue weighted by Crippen LogP contribution is 2.37. The third kappa shape index (κ3) is 3.63. The maximum Gasteiger partial charge on any atom is 0.270 e. The van der Waals surface area contributed by atoms with Crippen molar-refractivity contribution in [1.29, 1.82) is 0 Å². The number of sulfonamides is 1. The minimum absolute atomic E-state index is 0.0681. The molecule has 4 aromatic heterocycles. The molecule has 0 radical (unpaired) electrons. The number of ether oxygens (including phenoxy) is 2. The monoisotopic (exact) mass is 469 g/mol. The highest BCUT2D eigenvalue weighted by atomic mass is 32.2. The number of anilines is 1. The first kappa shape index (κ1) is 20.8. The van der Waals surface area contributed by atoms with Gasteiger partial charge >= 0.3 is 0 Å². The SMILES string of the molecule is COc1ccc2ccoc2c1S(=O)(=O)Nc1noc2cc(Cn3ccc(C)n3)nc(OC)c12. The minimum atomic E-state index is -4.18. The predicted molar refractivity (Wildman–Crippen MR) is 118 cm³/mol. The number of pyridine rings is 1. The van der Waals surface area contributed by atoms with Crippen molar-refractivity contribution in [2.75, 3.05) is 18.9 Å². The van der Waals surface area contributed by atoms with E-state index in [1.54, 1.807) is 28.9 Å². The van der Waals surface area contributed by atoms with Gasteiger partial charge in [-0.25, -0.2) is 13.4 Å². The summed E-state index contributed by atoms with van der Waals surface area (Å²) in [6.07, 6.45) is 3.24. The molecule has 33 heavy (non-hydrogen) atoms. The van der Waals surface area contributed by atoms with Gasteiger partial charge < -0.3 is 18.4 Å². The van der Waals surface area contributed by atoms with Crippen LogP contribution in [0.4, 0.5) is 5.82 Å². The average Bonchev–Trinajstić information content (AvgIpc) is 3.52. The number of nitrogens with zero attached hydrogens (tertiary/aromatic N) is 4. The summed E-state index contributed by atoms with van der Waals surface area (Å²) >= 11 is 0. The van der Waals surface area contributed by atoms with Crippen LogP contribution in [0.5, 0.6) is 11.6 Å². The van der Waals surface area contributed by atoms with Crippen LogP contribution >= 0.6 is 0 Å². The zero-order valence-corrected chi connectivity index (χ0v) is 18.7. The second kappa shape index (κ2) is 7.81. The fourth-order valence-electron chi connectivity index (χ4n) is 3.58. The molecule has 0 bridgehead atoms. The molecule has 4 heterocycles.